The van der Waals surface area contributed by atoms with Gasteiger partial charge in [0.05, 0.1) is 30.5 Å². The second-order valence-electron chi connectivity index (χ2n) is 3.46. The van der Waals surface area contributed by atoms with Crippen molar-refractivity contribution in [2.75, 3.05) is 25.2 Å². The van der Waals surface area contributed by atoms with Crippen LogP contribution in [0.1, 0.15) is 6.42 Å². The highest BCUT2D eigenvalue weighted by atomic mass is 35.5. The first-order valence-corrected chi connectivity index (χ1v) is 5.75. The van der Waals surface area contributed by atoms with Crippen LogP contribution >= 0.6 is 23.3 Å². The summed E-state index contributed by atoms with van der Waals surface area (Å²) in [4.78, 5) is 1.96. The quantitative estimate of drug-likeness (QED) is 0.858. The Balaban J connectivity index is 2.18. The van der Waals surface area contributed by atoms with Gasteiger partial charge in [0.2, 0.25) is 0 Å². The maximum atomic E-state index is 9.25. The molecule has 0 spiro atoms. The Morgan fingerprint density at radius 2 is 2.47 bits per heavy atom. The van der Waals surface area contributed by atoms with Crippen LogP contribution in [-0.2, 0) is 4.74 Å². The number of aliphatic hydroxyl groups excluding tert-OH is 1. The lowest BCUT2D eigenvalue weighted by Crippen LogP contribution is -2.32. The molecule has 0 aromatic carbocycles. The number of methoxy groups -OCH3 is 1. The van der Waals surface area contributed by atoms with Gasteiger partial charge in [-0.25, -0.2) is 0 Å². The van der Waals surface area contributed by atoms with E-state index in [0.717, 1.165) is 18.1 Å². The van der Waals surface area contributed by atoms with Crippen LogP contribution in [0.2, 0.25) is 5.15 Å². The molecule has 2 atom stereocenters. The second kappa shape index (κ2) is 4.61. The van der Waals surface area contributed by atoms with E-state index in [2.05, 4.69) is 8.75 Å². The van der Waals surface area contributed by atoms with Crippen molar-refractivity contribution in [2.45, 2.75) is 18.6 Å². The van der Waals surface area contributed by atoms with Crippen LogP contribution < -0.4 is 4.90 Å². The second-order valence-corrected chi connectivity index (χ2v) is 4.35. The van der Waals surface area contributed by atoms with Crippen LogP contribution in [0, 0.1) is 0 Å². The number of ether oxygens (including phenoxy) is 1. The monoisotopic (exact) mass is 249 g/mol. The highest BCUT2D eigenvalue weighted by molar-refractivity contribution is 6.99. The molecule has 7 heteroatoms. The van der Waals surface area contributed by atoms with Gasteiger partial charge in [-0.05, 0) is 6.42 Å². The maximum Gasteiger partial charge on any atom is 0.187 e. The fraction of sp³-hybridized carbons (Fsp3) is 0.750. The summed E-state index contributed by atoms with van der Waals surface area (Å²) in [5.74, 6) is 0.653. The van der Waals surface area contributed by atoms with Gasteiger partial charge in [0.25, 0.3) is 0 Å². The summed E-state index contributed by atoms with van der Waals surface area (Å²) >= 11 is 6.98. The first-order valence-electron chi connectivity index (χ1n) is 4.64. The minimum atomic E-state index is 0.0244. The highest BCUT2D eigenvalue weighted by Crippen LogP contribution is 2.30. The van der Waals surface area contributed by atoms with Gasteiger partial charge in [0.15, 0.2) is 11.0 Å². The summed E-state index contributed by atoms with van der Waals surface area (Å²) in [6, 6.07) is 0.0244. The van der Waals surface area contributed by atoms with Crippen molar-refractivity contribution in [1.82, 2.24) is 8.75 Å². The maximum absolute atomic E-state index is 9.25. The standard InChI is InChI=1S/C8H12ClN3O2S/c1-14-6-2-5(4-13)12(3-6)8-7(9)10-15-11-8/h5-6,13H,2-4H2,1H3. The molecule has 0 aliphatic carbocycles. The Morgan fingerprint density at radius 1 is 1.67 bits per heavy atom. The molecule has 0 saturated carbocycles. The summed E-state index contributed by atoms with van der Waals surface area (Å²) in [7, 11) is 1.67. The van der Waals surface area contributed by atoms with E-state index in [4.69, 9.17) is 16.3 Å². The molecule has 1 saturated heterocycles. The third kappa shape index (κ3) is 2.08. The zero-order valence-electron chi connectivity index (χ0n) is 8.26. The Hall–Kier alpha value is -0.430. The summed E-state index contributed by atoms with van der Waals surface area (Å²) in [5.41, 5.74) is 0. The Morgan fingerprint density at radius 3 is 3.00 bits per heavy atom. The van der Waals surface area contributed by atoms with Crippen molar-refractivity contribution < 1.29 is 9.84 Å². The molecule has 1 aliphatic rings. The normalized spacial score (nSPS) is 26.2. The average molecular weight is 250 g/mol. The van der Waals surface area contributed by atoms with Crippen molar-refractivity contribution in [3.8, 4) is 0 Å². The van der Waals surface area contributed by atoms with E-state index in [0.29, 0.717) is 17.5 Å². The molecule has 0 radical (unpaired) electrons. The lowest BCUT2D eigenvalue weighted by atomic mass is 10.2. The van der Waals surface area contributed by atoms with Gasteiger partial charge in [-0.1, -0.05) is 11.6 Å². The number of aromatic nitrogens is 2. The Bertz CT molecular complexity index is 335. The molecule has 84 valence electrons. The summed E-state index contributed by atoms with van der Waals surface area (Å²) < 4.78 is 13.3. The lowest BCUT2D eigenvalue weighted by molar-refractivity contribution is 0.115. The fourth-order valence-corrected chi connectivity index (χ4v) is 2.58. The van der Waals surface area contributed by atoms with E-state index in [9.17, 15) is 5.11 Å². The van der Waals surface area contributed by atoms with Crippen LogP contribution in [-0.4, -0.2) is 46.3 Å². The molecule has 5 nitrogen and oxygen atoms in total. The number of anilines is 1. The number of hydrogen-bond donors (Lipinski definition) is 1. The Labute approximate surface area is 96.9 Å². The molecule has 1 aromatic heterocycles. The summed E-state index contributed by atoms with van der Waals surface area (Å²) in [5, 5.41) is 9.65. The zero-order valence-corrected chi connectivity index (χ0v) is 9.83. The van der Waals surface area contributed by atoms with E-state index in [1.54, 1.807) is 7.11 Å². The zero-order chi connectivity index (χ0) is 10.8. The third-order valence-electron chi connectivity index (χ3n) is 2.62. The molecular formula is C8H12ClN3O2S. The average Bonchev–Trinajstić information content (AvgIpc) is 2.82. The molecule has 15 heavy (non-hydrogen) atoms. The van der Waals surface area contributed by atoms with Crippen molar-refractivity contribution in [2.24, 2.45) is 0 Å². The molecule has 2 unspecified atom stereocenters. The van der Waals surface area contributed by atoms with Crippen molar-refractivity contribution >= 4 is 29.1 Å². The SMILES string of the molecule is COC1CC(CO)N(c2nsnc2Cl)C1. The van der Waals surface area contributed by atoms with Gasteiger partial charge in [-0.2, -0.15) is 8.75 Å². The first kappa shape index (κ1) is 11.1. The molecule has 2 rings (SSSR count). The van der Waals surface area contributed by atoms with Crippen molar-refractivity contribution in [3.05, 3.63) is 5.15 Å². The minimum absolute atomic E-state index is 0.0244. The van der Waals surface area contributed by atoms with E-state index < -0.39 is 0 Å². The summed E-state index contributed by atoms with van der Waals surface area (Å²) in [6.45, 7) is 0.778. The van der Waals surface area contributed by atoms with Crippen LogP contribution in [0.4, 0.5) is 5.82 Å². The number of hydrogen-bond acceptors (Lipinski definition) is 6. The molecule has 1 aromatic rings. The van der Waals surface area contributed by atoms with E-state index in [1.165, 1.54) is 0 Å². The van der Waals surface area contributed by atoms with E-state index in [1.807, 2.05) is 4.90 Å². The van der Waals surface area contributed by atoms with Gasteiger partial charge < -0.3 is 14.7 Å². The van der Waals surface area contributed by atoms with Crippen LogP contribution in [0.15, 0.2) is 0 Å². The smallest absolute Gasteiger partial charge is 0.187 e. The predicted octanol–water partition coefficient (Wildman–Crippen LogP) is 0.777. The minimum Gasteiger partial charge on any atom is -0.394 e. The van der Waals surface area contributed by atoms with Crippen LogP contribution in [0.25, 0.3) is 0 Å². The van der Waals surface area contributed by atoms with E-state index in [-0.39, 0.29) is 18.8 Å². The first-order chi connectivity index (χ1) is 7.26. The number of halogens is 1. The molecule has 2 heterocycles. The molecule has 0 amide bonds. The molecule has 1 aliphatic heterocycles. The van der Waals surface area contributed by atoms with Gasteiger partial charge in [0, 0.05) is 13.7 Å². The van der Waals surface area contributed by atoms with Gasteiger partial charge in [0.1, 0.15) is 0 Å². The summed E-state index contributed by atoms with van der Waals surface area (Å²) in [6.07, 6.45) is 0.917. The predicted molar refractivity (Wildman–Crippen MR) is 58.6 cm³/mol. The number of nitrogens with zero attached hydrogens (tertiary/aromatic N) is 3. The Kier molecular flexibility index (Phi) is 3.40. The van der Waals surface area contributed by atoms with Crippen molar-refractivity contribution in [3.63, 3.8) is 0 Å². The topological polar surface area (TPSA) is 58.5 Å². The third-order valence-corrected chi connectivity index (χ3v) is 3.50. The van der Waals surface area contributed by atoms with E-state index >= 15 is 0 Å². The fourth-order valence-electron chi connectivity index (χ4n) is 1.82. The molecule has 1 N–H and O–H groups in total. The van der Waals surface area contributed by atoms with Gasteiger partial charge in [-0.15, -0.1) is 0 Å². The van der Waals surface area contributed by atoms with Gasteiger partial charge >= 0.3 is 0 Å². The van der Waals surface area contributed by atoms with Crippen LogP contribution in [0.5, 0.6) is 0 Å². The van der Waals surface area contributed by atoms with Gasteiger partial charge in [-0.3, -0.25) is 0 Å². The van der Waals surface area contributed by atoms with Crippen LogP contribution in [0.3, 0.4) is 0 Å². The highest BCUT2D eigenvalue weighted by Gasteiger charge is 2.34. The van der Waals surface area contributed by atoms with Crippen molar-refractivity contribution in [1.29, 1.82) is 0 Å². The molecular weight excluding hydrogens is 238 g/mol. The lowest BCUT2D eigenvalue weighted by Gasteiger charge is -2.21. The number of rotatable bonds is 3. The molecule has 1 fully saturated rings. The molecule has 0 bridgehead atoms. The largest absolute Gasteiger partial charge is 0.394 e. The number of aliphatic hydroxyl groups is 1.